The van der Waals surface area contributed by atoms with Crippen LogP contribution in [0.2, 0.25) is 0 Å². The van der Waals surface area contributed by atoms with Crippen molar-refractivity contribution in [3.05, 3.63) is 50.9 Å². The number of aryl methyl sites for hydroxylation is 2. The minimum atomic E-state index is -0.465. The van der Waals surface area contributed by atoms with Crippen molar-refractivity contribution in [3.8, 4) is 0 Å². The van der Waals surface area contributed by atoms with Gasteiger partial charge in [0.1, 0.15) is 10.6 Å². The first-order valence-corrected chi connectivity index (χ1v) is 12.7. The van der Waals surface area contributed by atoms with Crippen LogP contribution in [0, 0.1) is 5.82 Å². The number of nitrogens with zero attached hydrogens (tertiary/aromatic N) is 2. The SMILES string of the molecule is O=C(CSc1nc2sc3c(c2c(=O)n1C1CCCC1)CCCC3)Nc1ccccc1F. The summed E-state index contributed by atoms with van der Waals surface area (Å²) in [5.74, 6) is -0.704. The first-order chi connectivity index (χ1) is 15.1. The highest BCUT2D eigenvalue weighted by Crippen LogP contribution is 2.37. The van der Waals surface area contributed by atoms with Gasteiger partial charge in [-0.15, -0.1) is 11.3 Å². The summed E-state index contributed by atoms with van der Waals surface area (Å²) < 4.78 is 15.7. The molecule has 0 saturated heterocycles. The second kappa shape index (κ2) is 8.74. The number of halogens is 1. The Morgan fingerprint density at radius 1 is 1.19 bits per heavy atom. The molecule has 162 valence electrons. The molecule has 5 rings (SSSR count). The van der Waals surface area contributed by atoms with E-state index in [1.165, 1.54) is 34.3 Å². The van der Waals surface area contributed by atoms with E-state index in [9.17, 15) is 14.0 Å². The van der Waals surface area contributed by atoms with Crippen LogP contribution in [0.5, 0.6) is 0 Å². The molecule has 5 nitrogen and oxygen atoms in total. The number of carbonyl (C=O) groups is 1. The third kappa shape index (κ3) is 4.03. The molecule has 0 atom stereocenters. The zero-order chi connectivity index (χ0) is 21.4. The molecular weight excluding hydrogens is 433 g/mol. The van der Waals surface area contributed by atoms with Gasteiger partial charge < -0.3 is 5.32 Å². The standard InChI is InChI=1S/C23H24FN3O2S2/c24-16-10-4-5-11-17(16)25-19(28)13-30-23-26-21-20(15-9-3-6-12-18(15)31-21)22(29)27(23)14-7-1-2-8-14/h4-5,10-11,14H,1-3,6-9,12-13H2,(H,25,28). The summed E-state index contributed by atoms with van der Waals surface area (Å²) in [6, 6.07) is 6.25. The molecule has 2 aliphatic rings. The third-order valence-corrected chi connectivity index (χ3v) is 8.30. The van der Waals surface area contributed by atoms with Crippen molar-refractivity contribution in [2.24, 2.45) is 0 Å². The van der Waals surface area contributed by atoms with E-state index >= 15 is 0 Å². The molecule has 2 heterocycles. The van der Waals surface area contributed by atoms with Crippen LogP contribution in [0.4, 0.5) is 10.1 Å². The molecule has 2 aromatic heterocycles. The topological polar surface area (TPSA) is 64.0 Å². The number of carbonyl (C=O) groups excluding carboxylic acids is 1. The molecule has 0 spiro atoms. The van der Waals surface area contributed by atoms with Gasteiger partial charge in [0.25, 0.3) is 5.56 Å². The van der Waals surface area contributed by atoms with Crippen LogP contribution in [-0.4, -0.2) is 21.2 Å². The first kappa shape index (κ1) is 20.7. The molecule has 1 aromatic carbocycles. The maximum atomic E-state index is 13.8. The van der Waals surface area contributed by atoms with Crippen LogP contribution in [0.1, 0.15) is 55.0 Å². The Kier molecular flexibility index (Phi) is 5.84. The predicted molar refractivity (Wildman–Crippen MR) is 124 cm³/mol. The lowest BCUT2D eigenvalue weighted by Crippen LogP contribution is -2.27. The number of rotatable bonds is 5. The number of anilines is 1. The Morgan fingerprint density at radius 2 is 1.97 bits per heavy atom. The van der Waals surface area contributed by atoms with E-state index in [4.69, 9.17) is 4.98 Å². The van der Waals surface area contributed by atoms with Gasteiger partial charge in [0.15, 0.2) is 5.16 Å². The molecule has 1 saturated carbocycles. The van der Waals surface area contributed by atoms with Gasteiger partial charge in [-0.05, 0) is 56.2 Å². The highest BCUT2D eigenvalue weighted by atomic mass is 32.2. The Balaban J connectivity index is 1.47. The summed E-state index contributed by atoms with van der Waals surface area (Å²) in [5, 5.41) is 4.02. The normalized spacial score (nSPS) is 16.5. The Labute approximate surface area is 188 Å². The van der Waals surface area contributed by atoms with E-state index in [0.717, 1.165) is 61.6 Å². The molecule has 1 N–H and O–H groups in total. The largest absolute Gasteiger partial charge is 0.323 e. The number of aromatic nitrogens is 2. The van der Waals surface area contributed by atoms with Crippen LogP contribution in [0.25, 0.3) is 10.2 Å². The highest BCUT2D eigenvalue weighted by Gasteiger charge is 2.27. The molecule has 31 heavy (non-hydrogen) atoms. The molecule has 0 aliphatic heterocycles. The van der Waals surface area contributed by atoms with E-state index < -0.39 is 5.82 Å². The number of nitrogens with one attached hydrogen (secondary N) is 1. The summed E-state index contributed by atoms with van der Waals surface area (Å²) in [6.07, 6.45) is 8.40. The summed E-state index contributed by atoms with van der Waals surface area (Å²) in [5.41, 5.74) is 1.41. The van der Waals surface area contributed by atoms with Crippen molar-refractivity contribution in [3.63, 3.8) is 0 Å². The van der Waals surface area contributed by atoms with Crippen molar-refractivity contribution in [2.75, 3.05) is 11.1 Å². The summed E-state index contributed by atoms with van der Waals surface area (Å²) in [7, 11) is 0. The average molecular weight is 458 g/mol. The zero-order valence-electron chi connectivity index (χ0n) is 17.2. The lowest BCUT2D eigenvalue weighted by Gasteiger charge is -2.18. The third-order valence-electron chi connectivity index (χ3n) is 6.16. The molecule has 0 unspecified atom stereocenters. The highest BCUT2D eigenvalue weighted by molar-refractivity contribution is 7.99. The molecule has 1 fully saturated rings. The van der Waals surface area contributed by atoms with Crippen LogP contribution in [0.3, 0.4) is 0 Å². The Morgan fingerprint density at radius 3 is 2.77 bits per heavy atom. The van der Waals surface area contributed by atoms with Crippen molar-refractivity contribution in [1.29, 1.82) is 0 Å². The van der Waals surface area contributed by atoms with Gasteiger partial charge >= 0.3 is 0 Å². The number of fused-ring (bicyclic) bond motifs is 3. The fourth-order valence-electron chi connectivity index (χ4n) is 4.66. The summed E-state index contributed by atoms with van der Waals surface area (Å²) in [4.78, 5) is 33.0. The molecule has 3 aromatic rings. The zero-order valence-corrected chi connectivity index (χ0v) is 18.8. The molecule has 0 radical (unpaired) electrons. The second-order valence-electron chi connectivity index (χ2n) is 8.22. The fraction of sp³-hybridized carbons (Fsp3) is 0.435. The fourth-order valence-corrected chi connectivity index (χ4v) is 6.83. The molecule has 2 aliphatic carbocycles. The van der Waals surface area contributed by atoms with Crippen LogP contribution in [0.15, 0.2) is 34.2 Å². The minimum absolute atomic E-state index is 0.0494. The van der Waals surface area contributed by atoms with Gasteiger partial charge in [-0.25, -0.2) is 9.37 Å². The van der Waals surface area contributed by atoms with Gasteiger partial charge in [-0.2, -0.15) is 0 Å². The van der Waals surface area contributed by atoms with Gasteiger partial charge in [-0.3, -0.25) is 14.2 Å². The molecule has 1 amide bonds. The Bertz CT molecular complexity index is 1200. The second-order valence-corrected chi connectivity index (χ2v) is 10.2. The van der Waals surface area contributed by atoms with Crippen molar-refractivity contribution in [1.82, 2.24) is 9.55 Å². The van der Waals surface area contributed by atoms with Gasteiger partial charge in [0.05, 0.1) is 16.8 Å². The first-order valence-electron chi connectivity index (χ1n) is 10.9. The van der Waals surface area contributed by atoms with Crippen molar-refractivity contribution >= 4 is 44.9 Å². The molecular formula is C23H24FN3O2S2. The smallest absolute Gasteiger partial charge is 0.263 e. The van der Waals surface area contributed by atoms with E-state index in [1.807, 2.05) is 4.57 Å². The maximum absolute atomic E-state index is 13.8. The van der Waals surface area contributed by atoms with E-state index in [2.05, 4.69) is 5.32 Å². The lowest BCUT2D eigenvalue weighted by atomic mass is 9.97. The lowest BCUT2D eigenvalue weighted by molar-refractivity contribution is -0.113. The van der Waals surface area contributed by atoms with Crippen molar-refractivity contribution < 1.29 is 9.18 Å². The summed E-state index contributed by atoms with van der Waals surface area (Å²) >= 11 is 2.90. The van der Waals surface area contributed by atoms with E-state index in [1.54, 1.807) is 23.5 Å². The van der Waals surface area contributed by atoms with Crippen LogP contribution >= 0.6 is 23.1 Å². The van der Waals surface area contributed by atoms with E-state index in [-0.39, 0.29) is 28.9 Å². The number of benzene rings is 1. The van der Waals surface area contributed by atoms with Crippen molar-refractivity contribution in [2.45, 2.75) is 62.6 Å². The van der Waals surface area contributed by atoms with Crippen LogP contribution < -0.4 is 10.9 Å². The molecule has 8 heteroatoms. The number of amides is 1. The van der Waals surface area contributed by atoms with Gasteiger partial charge in [-0.1, -0.05) is 36.7 Å². The minimum Gasteiger partial charge on any atom is -0.323 e. The number of hydrogen-bond acceptors (Lipinski definition) is 5. The monoisotopic (exact) mass is 457 g/mol. The number of thioether (sulfide) groups is 1. The molecule has 0 bridgehead atoms. The van der Waals surface area contributed by atoms with Gasteiger partial charge in [0, 0.05) is 10.9 Å². The number of hydrogen-bond donors (Lipinski definition) is 1. The maximum Gasteiger partial charge on any atom is 0.263 e. The van der Waals surface area contributed by atoms with Gasteiger partial charge in [0.2, 0.25) is 5.91 Å². The summed E-state index contributed by atoms with van der Waals surface area (Å²) in [6.45, 7) is 0. The number of thiophene rings is 1. The van der Waals surface area contributed by atoms with E-state index in [0.29, 0.717) is 5.16 Å². The average Bonchev–Trinajstić information content (AvgIpc) is 3.41. The van der Waals surface area contributed by atoms with Crippen LogP contribution in [-0.2, 0) is 17.6 Å². The quantitative estimate of drug-likeness (QED) is 0.416. The number of para-hydroxylation sites is 1. The predicted octanol–water partition coefficient (Wildman–Crippen LogP) is 5.32. The Hall–Kier alpha value is -2.19.